The Hall–Kier alpha value is -1.82. The van der Waals surface area contributed by atoms with E-state index >= 15 is 0 Å². The second-order valence-electron chi connectivity index (χ2n) is 2.63. The van der Waals surface area contributed by atoms with Gasteiger partial charge in [-0.15, -0.1) is 16.4 Å². The van der Waals surface area contributed by atoms with Crippen molar-refractivity contribution in [3.63, 3.8) is 0 Å². The molecule has 0 aliphatic rings. The summed E-state index contributed by atoms with van der Waals surface area (Å²) in [5.74, 6) is 0.204. The standard InChI is InChI=1S/C8H7N3O2S/c9-7-4-5(6-2-1-3-14-6)11(10-7)8(12)13/h1-4H,(H2,9,10)(H,12,13). The van der Waals surface area contributed by atoms with Crippen LogP contribution in [0.4, 0.5) is 10.6 Å². The van der Waals surface area contributed by atoms with E-state index in [0.717, 1.165) is 9.56 Å². The van der Waals surface area contributed by atoms with Crippen molar-refractivity contribution in [3.05, 3.63) is 23.6 Å². The minimum atomic E-state index is -1.13. The highest BCUT2D eigenvalue weighted by atomic mass is 32.1. The molecule has 2 rings (SSSR count). The van der Waals surface area contributed by atoms with E-state index in [4.69, 9.17) is 10.8 Å². The third-order valence-corrected chi connectivity index (χ3v) is 2.58. The van der Waals surface area contributed by atoms with E-state index in [2.05, 4.69) is 5.10 Å². The molecule has 0 saturated heterocycles. The van der Waals surface area contributed by atoms with E-state index in [-0.39, 0.29) is 5.82 Å². The molecule has 3 N–H and O–H groups in total. The minimum Gasteiger partial charge on any atom is -0.463 e. The number of carboxylic acid groups (broad SMARTS) is 1. The topological polar surface area (TPSA) is 81.1 Å². The maximum absolute atomic E-state index is 10.8. The lowest BCUT2D eigenvalue weighted by atomic mass is 10.3. The summed E-state index contributed by atoms with van der Waals surface area (Å²) in [4.78, 5) is 11.6. The highest BCUT2D eigenvalue weighted by molar-refractivity contribution is 7.13. The van der Waals surface area contributed by atoms with Crippen LogP contribution in [-0.4, -0.2) is 21.0 Å². The first-order valence-electron chi connectivity index (χ1n) is 3.81. The highest BCUT2D eigenvalue weighted by Crippen LogP contribution is 2.25. The number of carbonyl (C=O) groups is 1. The van der Waals surface area contributed by atoms with Crippen LogP contribution in [0.5, 0.6) is 0 Å². The summed E-state index contributed by atoms with van der Waals surface area (Å²) in [5.41, 5.74) is 5.94. The summed E-state index contributed by atoms with van der Waals surface area (Å²) in [7, 11) is 0. The molecule has 0 aliphatic heterocycles. The molecular weight excluding hydrogens is 202 g/mol. The van der Waals surface area contributed by atoms with Crippen LogP contribution in [0.2, 0.25) is 0 Å². The predicted molar refractivity (Wildman–Crippen MR) is 53.4 cm³/mol. The molecule has 2 heterocycles. The Morgan fingerprint density at radius 2 is 2.43 bits per heavy atom. The molecule has 0 bridgehead atoms. The molecule has 72 valence electrons. The van der Waals surface area contributed by atoms with Crippen molar-refractivity contribution >= 4 is 23.2 Å². The van der Waals surface area contributed by atoms with Gasteiger partial charge < -0.3 is 10.8 Å². The van der Waals surface area contributed by atoms with Gasteiger partial charge in [-0.05, 0) is 11.4 Å². The normalized spacial score (nSPS) is 10.3. The zero-order valence-corrected chi connectivity index (χ0v) is 7.86. The molecular formula is C8H7N3O2S. The van der Waals surface area contributed by atoms with Crippen molar-refractivity contribution in [1.29, 1.82) is 0 Å². The maximum atomic E-state index is 10.8. The molecule has 2 aromatic heterocycles. The zero-order chi connectivity index (χ0) is 10.1. The molecule has 6 heteroatoms. The van der Waals surface area contributed by atoms with E-state index in [0.29, 0.717) is 5.69 Å². The Morgan fingerprint density at radius 1 is 1.64 bits per heavy atom. The number of aromatic nitrogens is 2. The molecule has 0 spiro atoms. The first-order valence-corrected chi connectivity index (χ1v) is 4.69. The summed E-state index contributed by atoms with van der Waals surface area (Å²) in [6, 6.07) is 5.20. The third-order valence-electron chi connectivity index (χ3n) is 1.68. The lowest BCUT2D eigenvalue weighted by Crippen LogP contribution is -2.11. The van der Waals surface area contributed by atoms with Crippen LogP contribution in [0.25, 0.3) is 10.6 Å². The van der Waals surface area contributed by atoms with E-state index in [1.807, 2.05) is 17.5 Å². The SMILES string of the molecule is Nc1cc(-c2cccs2)n(C(=O)O)n1. The van der Waals surface area contributed by atoms with Crippen LogP contribution in [-0.2, 0) is 0 Å². The first kappa shape index (κ1) is 8.76. The minimum absolute atomic E-state index is 0.204. The molecule has 0 saturated carbocycles. The lowest BCUT2D eigenvalue weighted by Gasteiger charge is -1.97. The average molecular weight is 209 g/mol. The van der Waals surface area contributed by atoms with Crippen molar-refractivity contribution in [2.24, 2.45) is 0 Å². The second kappa shape index (κ2) is 3.15. The van der Waals surface area contributed by atoms with Gasteiger partial charge in [-0.1, -0.05) is 6.07 Å². The fraction of sp³-hybridized carbons (Fsp3) is 0. The summed E-state index contributed by atoms with van der Waals surface area (Å²) >= 11 is 1.44. The van der Waals surface area contributed by atoms with Gasteiger partial charge in [0.05, 0.1) is 10.6 Å². The molecule has 5 nitrogen and oxygen atoms in total. The Morgan fingerprint density at radius 3 is 3.00 bits per heavy atom. The second-order valence-corrected chi connectivity index (χ2v) is 3.57. The Balaban J connectivity index is 2.58. The van der Waals surface area contributed by atoms with Gasteiger partial charge in [-0.3, -0.25) is 0 Å². The third kappa shape index (κ3) is 1.35. The molecule has 0 fully saturated rings. The van der Waals surface area contributed by atoms with Crippen LogP contribution in [0.15, 0.2) is 23.6 Å². The molecule has 0 atom stereocenters. The van der Waals surface area contributed by atoms with Crippen LogP contribution >= 0.6 is 11.3 Å². The smallest absolute Gasteiger partial charge is 0.432 e. The molecule has 0 amide bonds. The molecule has 0 radical (unpaired) electrons. The number of nitrogen functional groups attached to an aromatic ring is 1. The van der Waals surface area contributed by atoms with E-state index in [9.17, 15) is 4.79 Å². The molecule has 14 heavy (non-hydrogen) atoms. The van der Waals surface area contributed by atoms with Gasteiger partial charge in [0.2, 0.25) is 0 Å². The number of hydrogen-bond donors (Lipinski definition) is 2. The van der Waals surface area contributed by atoms with E-state index < -0.39 is 6.09 Å². The van der Waals surface area contributed by atoms with Crippen molar-refractivity contribution in [2.45, 2.75) is 0 Å². The number of nitrogens with zero attached hydrogens (tertiary/aromatic N) is 2. The lowest BCUT2D eigenvalue weighted by molar-refractivity contribution is 0.193. The fourth-order valence-corrected chi connectivity index (χ4v) is 1.87. The van der Waals surface area contributed by atoms with Gasteiger partial charge in [0.25, 0.3) is 0 Å². The van der Waals surface area contributed by atoms with Gasteiger partial charge in [-0.25, -0.2) is 4.79 Å². The Kier molecular flexibility index (Phi) is 1.97. The van der Waals surface area contributed by atoms with Crippen molar-refractivity contribution in [1.82, 2.24) is 9.78 Å². The largest absolute Gasteiger partial charge is 0.463 e. The molecule has 0 unspecified atom stereocenters. The van der Waals surface area contributed by atoms with Crippen molar-refractivity contribution in [3.8, 4) is 10.6 Å². The summed E-state index contributed by atoms with van der Waals surface area (Å²) < 4.78 is 0.876. The van der Waals surface area contributed by atoms with E-state index in [1.165, 1.54) is 11.3 Å². The van der Waals surface area contributed by atoms with Crippen LogP contribution in [0.3, 0.4) is 0 Å². The quantitative estimate of drug-likeness (QED) is 0.749. The van der Waals surface area contributed by atoms with Gasteiger partial charge >= 0.3 is 6.09 Å². The van der Waals surface area contributed by atoms with Crippen molar-refractivity contribution < 1.29 is 9.90 Å². The molecule has 0 aromatic carbocycles. The number of nitrogens with two attached hydrogens (primary N) is 1. The first-order chi connectivity index (χ1) is 6.68. The highest BCUT2D eigenvalue weighted by Gasteiger charge is 2.13. The van der Waals surface area contributed by atoms with Gasteiger partial charge in [0.1, 0.15) is 5.82 Å². The number of anilines is 1. The number of rotatable bonds is 1. The average Bonchev–Trinajstić information content (AvgIpc) is 2.70. The maximum Gasteiger partial charge on any atom is 0.432 e. The van der Waals surface area contributed by atoms with Crippen LogP contribution in [0.1, 0.15) is 0 Å². The van der Waals surface area contributed by atoms with Gasteiger partial charge in [-0.2, -0.15) is 4.68 Å². The predicted octanol–water partition coefficient (Wildman–Crippen LogP) is 1.72. The monoisotopic (exact) mass is 209 g/mol. The van der Waals surface area contributed by atoms with E-state index in [1.54, 1.807) is 6.07 Å². The Bertz CT molecular complexity index is 461. The summed E-state index contributed by atoms with van der Waals surface area (Å²) in [5, 5.41) is 14.4. The summed E-state index contributed by atoms with van der Waals surface area (Å²) in [6.45, 7) is 0. The number of thiophene rings is 1. The summed E-state index contributed by atoms with van der Waals surface area (Å²) in [6.07, 6.45) is -1.13. The van der Waals surface area contributed by atoms with Gasteiger partial charge in [0, 0.05) is 6.07 Å². The molecule has 0 aliphatic carbocycles. The molecule has 2 aromatic rings. The van der Waals surface area contributed by atoms with Crippen LogP contribution < -0.4 is 5.73 Å². The fourth-order valence-electron chi connectivity index (χ4n) is 1.15. The van der Waals surface area contributed by atoms with Crippen LogP contribution in [0, 0.1) is 0 Å². The van der Waals surface area contributed by atoms with Crippen molar-refractivity contribution in [2.75, 3.05) is 5.73 Å². The Labute approximate surface area is 83.4 Å². The van der Waals surface area contributed by atoms with Gasteiger partial charge in [0.15, 0.2) is 0 Å². The zero-order valence-electron chi connectivity index (χ0n) is 7.04. The number of hydrogen-bond acceptors (Lipinski definition) is 4.